The third kappa shape index (κ3) is 1.25. The number of nitrogen functional groups attached to an aromatic ring is 1. The Kier molecular flexibility index (Phi) is 2.29. The maximum atomic E-state index is 5.67. The fourth-order valence-electron chi connectivity index (χ4n) is 1.39. The number of aromatic amines is 1. The van der Waals surface area contributed by atoms with Crippen LogP contribution >= 0.6 is 12.4 Å². The van der Waals surface area contributed by atoms with Gasteiger partial charge >= 0.3 is 0 Å². The first-order chi connectivity index (χ1) is 5.27. The first kappa shape index (κ1) is 8.94. The van der Waals surface area contributed by atoms with Crippen LogP contribution in [0.1, 0.15) is 5.56 Å². The van der Waals surface area contributed by atoms with Crippen LogP contribution in [0.3, 0.4) is 0 Å². The summed E-state index contributed by atoms with van der Waals surface area (Å²) in [7, 11) is 0. The van der Waals surface area contributed by atoms with Crippen molar-refractivity contribution >= 4 is 29.0 Å². The van der Waals surface area contributed by atoms with Crippen molar-refractivity contribution in [2.45, 2.75) is 6.92 Å². The van der Waals surface area contributed by atoms with Gasteiger partial charge in [0, 0.05) is 22.8 Å². The van der Waals surface area contributed by atoms with Gasteiger partial charge in [-0.1, -0.05) is 0 Å². The predicted molar refractivity (Wildman–Crippen MR) is 54.7 cm³/mol. The summed E-state index contributed by atoms with van der Waals surface area (Å²) >= 11 is 0. The smallest absolute Gasteiger partial charge is 0.0485 e. The first-order valence-corrected chi connectivity index (χ1v) is 3.60. The molecule has 2 aromatic rings. The lowest BCUT2D eigenvalue weighted by atomic mass is 10.1. The fraction of sp³-hybridized carbons (Fsp3) is 0.111. The molecule has 2 nitrogen and oxygen atoms in total. The Morgan fingerprint density at radius 3 is 2.83 bits per heavy atom. The van der Waals surface area contributed by atoms with Crippen molar-refractivity contribution in [2.24, 2.45) is 0 Å². The van der Waals surface area contributed by atoms with E-state index in [1.54, 1.807) is 0 Å². The zero-order valence-corrected chi connectivity index (χ0v) is 7.61. The second kappa shape index (κ2) is 3.07. The number of aryl methyl sites for hydroxylation is 1. The van der Waals surface area contributed by atoms with E-state index >= 15 is 0 Å². The molecule has 0 radical (unpaired) electrons. The van der Waals surface area contributed by atoms with Crippen LogP contribution < -0.4 is 5.73 Å². The highest BCUT2D eigenvalue weighted by Gasteiger charge is 1.97. The number of halogens is 1. The van der Waals surface area contributed by atoms with E-state index in [1.807, 2.05) is 24.4 Å². The van der Waals surface area contributed by atoms with Crippen LogP contribution in [0, 0.1) is 6.92 Å². The number of aromatic nitrogens is 1. The molecule has 0 spiro atoms. The van der Waals surface area contributed by atoms with Gasteiger partial charge in [-0.25, -0.2) is 0 Å². The van der Waals surface area contributed by atoms with E-state index in [1.165, 1.54) is 16.5 Å². The summed E-state index contributed by atoms with van der Waals surface area (Å²) in [5.74, 6) is 0. The minimum atomic E-state index is 0. The first-order valence-electron chi connectivity index (χ1n) is 3.60. The molecule has 1 aromatic heterocycles. The number of fused-ring (bicyclic) bond motifs is 1. The van der Waals surface area contributed by atoms with Crippen molar-refractivity contribution < 1.29 is 0 Å². The van der Waals surface area contributed by atoms with E-state index in [0.29, 0.717) is 0 Å². The molecule has 64 valence electrons. The lowest BCUT2D eigenvalue weighted by molar-refractivity contribution is 1.42. The van der Waals surface area contributed by atoms with Crippen LogP contribution in [0.4, 0.5) is 5.69 Å². The van der Waals surface area contributed by atoms with Crippen LogP contribution in [-0.2, 0) is 0 Å². The highest BCUT2D eigenvalue weighted by atomic mass is 35.5. The Labute approximate surface area is 77.2 Å². The highest BCUT2D eigenvalue weighted by Crippen LogP contribution is 2.19. The Morgan fingerprint density at radius 2 is 2.08 bits per heavy atom. The number of benzene rings is 1. The van der Waals surface area contributed by atoms with Gasteiger partial charge in [-0.2, -0.15) is 0 Å². The van der Waals surface area contributed by atoms with Crippen molar-refractivity contribution in [1.29, 1.82) is 0 Å². The van der Waals surface area contributed by atoms with Crippen molar-refractivity contribution in [3.8, 4) is 0 Å². The summed E-state index contributed by atoms with van der Waals surface area (Å²) in [5, 5.41) is 1.18. The third-order valence-electron chi connectivity index (χ3n) is 1.88. The monoisotopic (exact) mass is 182 g/mol. The van der Waals surface area contributed by atoms with Crippen LogP contribution in [0.5, 0.6) is 0 Å². The number of anilines is 1. The Morgan fingerprint density at radius 1 is 1.33 bits per heavy atom. The zero-order valence-electron chi connectivity index (χ0n) is 6.79. The van der Waals surface area contributed by atoms with Crippen LogP contribution in [0.25, 0.3) is 10.9 Å². The Bertz CT molecular complexity index is 392. The molecule has 0 saturated heterocycles. The maximum Gasteiger partial charge on any atom is 0.0485 e. The molecule has 0 saturated carbocycles. The van der Waals surface area contributed by atoms with E-state index in [2.05, 4.69) is 11.9 Å². The fourth-order valence-corrected chi connectivity index (χ4v) is 1.39. The van der Waals surface area contributed by atoms with E-state index < -0.39 is 0 Å². The highest BCUT2D eigenvalue weighted by molar-refractivity contribution is 5.85. The SMILES string of the molecule is Cc1cc(N)cc2cc[nH]c12.Cl. The number of nitrogens with two attached hydrogens (primary N) is 1. The molecule has 0 aliphatic carbocycles. The average molecular weight is 183 g/mol. The Balaban J connectivity index is 0.000000720. The molecular weight excluding hydrogens is 172 g/mol. The molecule has 0 amide bonds. The maximum absolute atomic E-state index is 5.67. The van der Waals surface area contributed by atoms with Crippen molar-refractivity contribution in [1.82, 2.24) is 4.98 Å². The molecule has 0 aliphatic rings. The summed E-state index contributed by atoms with van der Waals surface area (Å²) in [6, 6.07) is 5.97. The standard InChI is InChI=1S/C9H10N2.ClH/c1-6-4-8(10)5-7-2-3-11-9(6)7;/h2-5,11H,10H2,1H3;1H. The van der Waals surface area contributed by atoms with Gasteiger partial charge in [0.2, 0.25) is 0 Å². The van der Waals surface area contributed by atoms with Crippen LogP contribution in [0.2, 0.25) is 0 Å². The number of H-pyrrole nitrogens is 1. The molecule has 0 aliphatic heterocycles. The molecule has 0 fully saturated rings. The predicted octanol–water partition coefficient (Wildman–Crippen LogP) is 2.48. The Hall–Kier alpha value is -1.15. The van der Waals surface area contributed by atoms with E-state index in [-0.39, 0.29) is 12.4 Å². The molecule has 3 heteroatoms. The van der Waals surface area contributed by atoms with Gasteiger partial charge in [-0.05, 0) is 30.7 Å². The molecule has 1 aromatic carbocycles. The summed E-state index contributed by atoms with van der Waals surface area (Å²) in [4.78, 5) is 3.16. The van der Waals surface area contributed by atoms with Gasteiger partial charge < -0.3 is 10.7 Å². The lowest BCUT2D eigenvalue weighted by Crippen LogP contribution is -1.85. The number of rotatable bonds is 0. The topological polar surface area (TPSA) is 41.8 Å². The van der Waals surface area contributed by atoms with Crippen LogP contribution in [-0.4, -0.2) is 4.98 Å². The summed E-state index contributed by atoms with van der Waals surface area (Å²) in [6.45, 7) is 2.05. The van der Waals surface area contributed by atoms with Crippen molar-refractivity contribution in [2.75, 3.05) is 5.73 Å². The largest absolute Gasteiger partial charge is 0.399 e. The van der Waals surface area contributed by atoms with Gasteiger partial charge in [0.15, 0.2) is 0 Å². The summed E-state index contributed by atoms with van der Waals surface area (Å²) in [5.41, 5.74) is 8.88. The minimum Gasteiger partial charge on any atom is -0.399 e. The summed E-state index contributed by atoms with van der Waals surface area (Å²) < 4.78 is 0. The summed E-state index contributed by atoms with van der Waals surface area (Å²) in [6.07, 6.45) is 1.93. The van der Waals surface area contributed by atoms with Gasteiger partial charge in [0.25, 0.3) is 0 Å². The number of nitrogens with one attached hydrogen (secondary N) is 1. The van der Waals surface area contributed by atoms with Crippen molar-refractivity contribution in [3.63, 3.8) is 0 Å². The molecule has 0 atom stereocenters. The third-order valence-corrected chi connectivity index (χ3v) is 1.88. The van der Waals surface area contributed by atoms with E-state index in [0.717, 1.165) is 5.69 Å². The van der Waals surface area contributed by atoms with Gasteiger partial charge in [0.1, 0.15) is 0 Å². The molecule has 3 N–H and O–H groups in total. The normalized spacial score (nSPS) is 9.75. The molecule has 12 heavy (non-hydrogen) atoms. The average Bonchev–Trinajstić information content (AvgIpc) is 2.34. The van der Waals surface area contributed by atoms with Crippen molar-refractivity contribution in [3.05, 3.63) is 30.0 Å². The van der Waals surface area contributed by atoms with E-state index in [4.69, 9.17) is 5.73 Å². The molecule has 2 rings (SSSR count). The van der Waals surface area contributed by atoms with Gasteiger partial charge in [-0.3, -0.25) is 0 Å². The van der Waals surface area contributed by atoms with Gasteiger partial charge in [-0.15, -0.1) is 12.4 Å². The van der Waals surface area contributed by atoms with Crippen LogP contribution in [0.15, 0.2) is 24.4 Å². The molecule has 1 heterocycles. The van der Waals surface area contributed by atoms with Gasteiger partial charge in [0.05, 0.1) is 0 Å². The number of hydrogen-bond acceptors (Lipinski definition) is 1. The lowest BCUT2D eigenvalue weighted by Gasteiger charge is -1.97. The second-order valence-electron chi connectivity index (χ2n) is 2.78. The van der Waals surface area contributed by atoms with E-state index in [9.17, 15) is 0 Å². The minimum absolute atomic E-state index is 0. The molecular formula is C9H11ClN2. The molecule has 0 bridgehead atoms. The molecule has 0 unspecified atom stereocenters. The quantitative estimate of drug-likeness (QED) is 0.604. The second-order valence-corrected chi connectivity index (χ2v) is 2.78. The number of hydrogen-bond donors (Lipinski definition) is 2. The zero-order chi connectivity index (χ0) is 7.84.